The highest BCUT2D eigenvalue weighted by Crippen LogP contribution is 2.36. The Morgan fingerprint density at radius 3 is 1.92 bits per heavy atom. The first kappa shape index (κ1) is 21.2. The maximum absolute atomic E-state index is 10.9. The third-order valence-electron chi connectivity index (χ3n) is 5.16. The predicted molar refractivity (Wildman–Crippen MR) is 100 cm³/mol. The van der Waals surface area contributed by atoms with Gasteiger partial charge in [0.1, 0.15) is 0 Å². The van der Waals surface area contributed by atoms with E-state index >= 15 is 0 Å². The first-order chi connectivity index (χ1) is 11.7. The molecule has 0 aliphatic carbocycles. The molecule has 1 fully saturated rings. The largest absolute Gasteiger partial charge is 0.466 e. The SMILES string of the molecule is CCC1(CCCCCCCCCCCCCC=CC(=O)OC)CO1. The molecule has 1 saturated heterocycles. The van der Waals surface area contributed by atoms with Crippen molar-refractivity contribution in [1.82, 2.24) is 0 Å². The Morgan fingerprint density at radius 1 is 0.958 bits per heavy atom. The van der Waals surface area contributed by atoms with Gasteiger partial charge in [-0.3, -0.25) is 0 Å². The lowest BCUT2D eigenvalue weighted by atomic mass is 9.98. The molecule has 0 saturated carbocycles. The number of carbonyl (C=O) groups is 1. The fraction of sp³-hybridized carbons (Fsp3) is 0.857. The van der Waals surface area contributed by atoms with Crippen LogP contribution >= 0.6 is 0 Å². The van der Waals surface area contributed by atoms with E-state index in [2.05, 4.69) is 11.7 Å². The van der Waals surface area contributed by atoms with Crippen LogP contribution < -0.4 is 0 Å². The number of hydrogen-bond donors (Lipinski definition) is 0. The number of carbonyl (C=O) groups excluding carboxylic acids is 1. The van der Waals surface area contributed by atoms with E-state index < -0.39 is 0 Å². The summed E-state index contributed by atoms with van der Waals surface area (Å²) in [4.78, 5) is 10.9. The van der Waals surface area contributed by atoms with E-state index in [0.29, 0.717) is 5.60 Å². The molecule has 0 bridgehead atoms. The molecule has 0 amide bonds. The van der Waals surface area contributed by atoms with E-state index in [4.69, 9.17) is 4.74 Å². The summed E-state index contributed by atoms with van der Waals surface area (Å²) >= 11 is 0. The summed E-state index contributed by atoms with van der Waals surface area (Å²) < 4.78 is 10.1. The maximum Gasteiger partial charge on any atom is 0.330 e. The molecule has 1 aliphatic heterocycles. The van der Waals surface area contributed by atoms with Gasteiger partial charge in [-0.25, -0.2) is 4.79 Å². The van der Waals surface area contributed by atoms with E-state index in [0.717, 1.165) is 13.0 Å². The van der Waals surface area contributed by atoms with Gasteiger partial charge in [0, 0.05) is 6.08 Å². The Balaban J connectivity index is 1.72. The Hall–Kier alpha value is -0.830. The zero-order valence-corrected chi connectivity index (χ0v) is 16.0. The molecule has 3 heteroatoms. The third kappa shape index (κ3) is 10.9. The Labute approximate surface area is 149 Å². The first-order valence-corrected chi connectivity index (χ1v) is 10.1. The second-order valence-corrected chi connectivity index (χ2v) is 7.18. The molecule has 0 aromatic carbocycles. The van der Waals surface area contributed by atoms with Crippen molar-refractivity contribution in [2.75, 3.05) is 13.7 Å². The molecule has 0 N–H and O–H groups in total. The van der Waals surface area contributed by atoms with Crippen LogP contribution in [0.15, 0.2) is 12.2 Å². The summed E-state index contributed by atoms with van der Waals surface area (Å²) in [6.07, 6.45) is 21.7. The molecule has 0 radical (unpaired) electrons. The Bertz CT molecular complexity index is 345. The summed E-state index contributed by atoms with van der Waals surface area (Å²) in [7, 11) is 1.41. The molecular formula is C21H38O3. The van der Waals surface area contributed by atoms with Crippen molar-refractivity contribution in [2.24, 2.45) is 0 Å². The van der Waals surface area contributed by atoms with E-state index in [-0.39, 0.29) is 5.97 Å². The lowest BCUT2D eigenvalue weighted by Crippen LogP contribution is -2.08. The second-order valence-electron chi connectivity index (χ2n) is 7.18. The number of unbranched alkanes of at least 4 members (excludes halogenated alkanes) is 11. The minimum atomic E-state index is -0.249. The topological polar surface area (TPSA) is 38.8 Å². The van der Waals surface area contributed by atoms with Crippen LogP contribution in [0.2, 0.25) is 0 Å². The predicted octanol–water partition coefficient (Wildman–Crippen LogP) is 5.97. The fourth-order valence-corrected chi connectivity index (χ4v) is 3.18. The maximum atomic E-state index is 10.9. The molecule has 1 unspecified atom stereocenters. The minimum absolute atomic E-state index is 0.249. The van der Waals surface area contributed by atoms with Gasteiger partial charge >= 0.3 is 5.97 Å². The van der Waals surface area contributed by atoms with E-state index in [9.17, 15) is 4.79 Å². The Morgan fingerprint density at radius 2 is 1.46 bits per heavy atom. The number of epoxide rings is 1. The van der Waals surface area contributed by atoms with Crippen LogP contribution in [0.1, 0.15) is 96.8 Å². The summed E-state index contributed by atoms with van der Waals surface area (Å²) in [5.41, 5.74) is 0.301. The van der Waals surface area contributed by atoms with Gasteiger partial charge in [-0.2, -0.15) is 0 Å². The molecular weight excluding hydrogens is 300 g/mol. The van der Waals surface area contributed by atoms with Crippen molar-refractivity contribution in [3.05, 3.63) is 12.2 Å². The second kappa shape index (κ2) is 13.5. The first-order valence-electron chi connectivity index (χ1n) is 10.1. The molecule has 1 rings (SSSR count). The van der Waals surface area contributed by atoms with Crippen molar-refractivity contribution in [2.45, 2.75) is 102 Å². The standard InChI is InChI=1S/C21H38O3/c1-3-21(19-24-21)18-16-14-12-10-8-6-4-5-7-9-11-13-15-17-20(22)23-2/h15,17H,3-14,16,18-19H2,1-2H3. The summed E-state index contributed by atoms with van der Waals surface area (Å²) in [6.45, 7) is 3.25. The van der Waals surface area contributed by atoms with Crippen LogP contribution in [-0.2, 0) is 14.3 Å². The van der Waals surface area contributed by atoms with Gasteiger partial charge in [0.05, 0.1) is 19.3 Å². The molecule has 24 heavy (non-hydrogen) atoms. The zero-order valence-electron chi connectivity index (χ0n) is 16.0. The number of esters is 1. The van der Waals surface area contributed by atoms with E-state index in [1.165, 1.54) is 96.7 Å². The monoisotopic (exact) mass is 338 g/mol. The lowest BCUT2D eigenvalue weighted by Gasteiger charge is -2.08. The van der Waals surface area contributed by atoms with Gasteiger partial charge in [0.2, 0.25) is 0 Å². The van der Waals surface area contributed by atoms with Crippen molar-refractivity contribution < 1.29 is 14.3 Å². The molecule has 1 atom stereocenters. The molecule has 0 aromatic rings. The van der Waals surface area contributed by atoms with Crippen LogP contribution in [-0.4, -0.2) is 25.3 Å². The van der Waals surface area contributed by atoms with Crippen LogP contribution in [0.4, 0.5) is 0 Å². The number of hydrogen-bond acceptors (Lipinski definition) is 3. The molecule has 3 nitrogen and oxygen atoms in total. The minimum Gasteiger partial charge on any atom is -0.466 e. The Kier molecular flexibility index (Phi) is 11.9. The lowest BCUT2D eigenvalue weighted by molar-refractivity contribution is -0.134. The number of methoxy groups -OCH3 is 1. The van der Waals surface area contributed by atoms with Gasteiger partial charge < -0.3 is 9.47 Å². The van der Waals surface area contributed by atoms with Crippen molar-refractivity contribution in [1.29, 1.82) is 0 Å². The summed E-state index contributed by atoms with van der Waals surface area (Å²) in [5.74, 6) is -0.249. The average Bonchev–Trinajstić information content (AvgIpc) is 3.38. The third-order valence-corrected chi connectivity index (χ3v) is 5.16. The molecule has 0 aromatic heterocycles. The van der Waals surface area contributed by atoms with Gasteiger partial charge in [0.25, 0.3) is 0 Å². The van der Waals surface area contributed by atoms with Gasteiger partial charge in [-0.15, -0.1) is 0 Å². The van der Waals surface area contributed by atoms with Crippen LogP contribution in [0, 0.1) is 0 Å². The molecule has 0 spiro atoms. The zero-order chi connectivity index (χ0) is 17.5. The highest BCUT2D eigenvalue weighted by atomic mass is 16.6. The molecule has 140 valence electrons. The highest BCUT2D eigenvalue weighted by Gasteiger charge is 2.41. The smallest absolute Gasteiger partial charge is 0.330 e. The van der Waals surface area contributed by atoms with Crippen LogP contribution in [0.3, 0.4) is 0 Å². The number of ether oxygens (including phenoxy) is 2. The van der Waals surface area contributed by atoms with Crippen molar-refractivity contribution in [3.63, 3.8) is 0 Å². The van der Waals surface area contributed by atoms with Crippen LogP contribution in [0.25, 0.3) is 0 Å². The number of allylic oxidation sites excluding steroid dienone is 1. The van der Waals surface area contributed by atoms with Crippen molar-refractivity contribution >= 4 is 5.97 Å². The van der Waals surface area contributed by atoms with E-state index in [1.54, 1.807) is 0 Å². The van der Waals surface area contributed by atoms with Gasteiger partial charge in [-0.05, 0) is 25.7 Å². The van der Waals surface area contributed by atoms with E-state index in [1.807, 2.05) is 6.08 Å². The average molecular weight is 339 g/mol. The van der Waals surface area contributed by atoms with Gasteiger partial charge in [0.15, 0.2) is 0 Å². The number of rotatable bonds is 16. The summed E-state index contributed by atoms with van der Waals surface area (Å²) in [6, 6.07) is 0. The fourth-order valence-electron chi connectivity index (χ4n) is 3.18. The molecule has 1 aliphatic rings. The van der Waals surface area contributed by atoms with Crippen molar-refractivity contribution in [3.8, 4) is 0 Å². The molecule has 1 heterocycles. The van der Waals surface area contributed by atoms with Crippen LogP contribution in [0.5, 0.6) is 0 Å². The normalized spacial score (nSPS) is 19.8. The summed E-state index contributed by atoms with van der Waals surface area (Å²) in [5, 5.41) is 0. The quantitative estimate of drug-likeness (QED) is 0.151. The van der Waals surface area contributed by atoms with Gasteiger partial charge in [-0.1, -0.05) is 77.2 Å². The highest BCUT2D eigenvalue weighted by molar-refractivity contribution is 5.81.